The van der Waals surface area contributed by atoms with Crippen LogP contribution in [0.15, 0.2) is 60.9 Å². The summed E-state index contributed by atoms with van der Waals surface area (Å²) in [5, 5.41) is 0. The minimum Gasteiger partial charge on any atom is -0.436 e. The minimum absolute atomic E-state index is 0.0125. The van der Waals surface area contributed by atoms with Crippen molar-refractivity contribution in [2.24, 2.45) is 0 Å². The van der Waals surface area contributed by atoms with E-state index in [0.29, 0.717) is 31.0 Å². The van der Waals surface area contributed by atoms with Crippen molar-refractivity contribution in [3.63, 3.8) is 0 Å². The number of rotatable bonds is 4. The highest BCUT2D eigenvalue weighted by Crippen LogP contribution is 2.26. The van der Waals surface area contributed by atoms with E-state index in [4.69, 9.17) is 4.74 Å². The first-order valence-electron chi connectivity index (χ1n) is 9.88. The first-order valence-corrected chi connectivity index (χ1v) is 9.88. The lowest BCUT2D eigenvalue weighted by Crippen LogP contribution is -2.54. The van der Waals surface area contributed by atoms with E-state index >= 15 is 0 Å². The average Bonchev–Trinajstić information content (AvgIpc) is 2.75. The molecule has 1 atom stereocenters. The van der Waals surface area contributed by atoms with Gasteiger partial charge in [-0.1, -0.05) is 29.8 Å². The topological polar surface area (TPSA) is 58.6 Å². The van der Waals surface area contributed by atoms with Gasteiger partial charge in [-0.2, -0.15) is 0 Å². The van der Waals surface area contributed by atoms with Crippen molar-refractivity contribution in [2.45, 2.75) is 19.9 Å². The summed E-state index contributed by atoms with van der Waals surface area (Å²) in [7, 11) is 0. The van der Waals surface area contributed by atoms with Gasteiger partial charge in [-0.25, -0.2) is 14.4 Å². The van der Waals surface area contributed by atoms with E-state index in [1.807, 2.05) is 43.0 Å². The molecule has 0 spiro atoms. The Morgan fingerprint density at radius 1 is 1.10 bits per heavy atom. The van der Waals surface area contributed by atoms with Crippen molar-refractivity contribution < 1.29 is 13.9 Å². The molecule has 2 aromatic carbocycles. The van der Waals surface area contributed by atoms with Crippen LogP contribution >= 0.6 is 0 Å². The Hall–Kier alpha value is -3.48. The lowest BCUT2D eigenvalue weighted by Gasteiger charge is -2.40. The number of carbonyl (C=O) groups is 1. The first-order chi connectivity index (χ1) is 14.5. The third-order valence-electron chi connectivity index (χ3n) is 5.19. The number of hydrogen-bond donors (Lipinski definition) is 0. The summed E-state index contributed by atoms with van der Waals surface area (Å²) >= 11 is 0. The van der Waals surface area contributed by atoms with Gasteiger partial charge < -0.3 is 14.5 Å². The molecule has 0 aliphatic carbocycles. The zero-order valence-electron chi connectivity index (χ0n) is 17.0. The number of para-hydroxylation sites is 1. The second-order valence-electron chi connectivity index (χ2n) is 7.41. The molecule has 154 valence electrons. The normalized spacial score (nSPS) is 16.4. The van der Waals surface area contributed by atoms with Crippen LogP contribution in [0.4, 0.5) is 10.2 Å². The Kier molecular flexibility index (Phi) is 5.61. The van der Waals surface area contributed by atoms with Gasteiger partial charge in [0, 0.05) is 37.3 Å². The molecule has 7 heteroatoms. The van der Waals surface area contributed by atoms with E-state index in [9.17, 15) is 9.18 Å². The van der Waals surface area contributed by atoms with Crippen LogP contribution in [0.5, 0.6) is 11.6 Å². The molecule has 1 fully saturated rings. The van der Waals surface area contributed by atoms with Gasteiger partial charge in [0.1, 0.15) is 12.1 Å². The van der Waals surface area contributed by atoms with Gasteiger partial charge in [-0.3, -0.25) is 4.79 Å². The number of anilines is 1. The van der Waals surface area contributed by atoms with Gasteiger partial charge >= 0.3 is 0 Å². The fraction of sp³-hybridized carbons (Fsp3) is 0.261. The van der Waals surface area contributed by atoms with Gasteiger partial charge in [-0.05, 0) is 38.1 Å². The third kappa shape index (κ3) is 4.25. The van der Waals surface area contributed by atoms with Crippen molar-refractivity contribution in [2.75, 3.05) is 24.5 Å². The number of carbonyl (C=O) groups excluding carboxylic acids is 1. The SMILES string of the molecule is Cc1ccc(C(=O)N2CCN(c3cc(Oc4ccccc4F)ncn3)CC2C)cc1. The van der Waals surface area contributed by atoms with Crippen molar-refractivity contribution >= 4 is 11.7 Å². The van der Waals surface area contributed by atoms with E-state index in [1.54, 1.807) is 24.3 Å². The molecule has 1 amide bonds. The predicted octanol–water partition coefficient (Wildman–Crippen LogP) is 4.07. The molecule has 0 saturated carbocycles. The van der Waals surface area contributed by atoms with Gasteiger partial charge in [-0.15, -0.1) is 0 Å². The second kappa shape index (κ2) is 8.49. The monoisotopic (exact) mass is 406 g/mol. The molecule has 1 aliphatic heterocycles. The van der Waals surface area contributed by atoms with E-state index in [0.717, 1.165) is 5.56 Å². The van der Waals surface area contributed by atoms with Crippen LogP contribution in [0.1, 0.15) is 22.8 Å². The second-order valence-corrected chi connectivity index (χ2v) is 7.41. The maximum Gasteiger partial charge on any atom is 0.254 e. The zero-order chi connectivity index (χ0) is 21.1. The number of amides is 1. The first kappa shape index (κ1) is 19.8. The van der Waals surface area contributed by atoms with E-state index in [1.165, 1.54) is 12.4 Å². The largest absolute Gasteiger partial charge is 0.436 e. The van der Waals surface area contributed by atoms with E-state index in [2.05, 4.69) is 14.9 Å². The van der Waals surface area contributed by atoms with Crippen LogP contribution < -0.4 is 9.64 Å². The van der Waals surface area contributed by atoms with Crippen LogP contribution in [0.2, 0.25) is 0 Å². The van der Waals surface area contributed by atoms with E-state index < -0.39 is 5.82 Å². The van der Waals surface area contributed by atoms with Crippen LogP contribution in [-0.2, 0) is 0 Å². The average molecular weight is 406 g/mol. The molecular formula is C23H23FN4O2. The number of hydrogen-bond acceptors (Lipinski definition) is 5. The molecule has 0 radical (unpaired) electrons. The lowest BCUT2D eigenvalue weighted by molar-refractivity contribution is 0.0673. The molecule has 1 aromatic heterocycles. The summed E-state index contributed by atoms with van der Waals surface area (Å²) in [6.07, 6.45) is 1.40. The van der Waals surface area contributed by atoms with Gasteiger partial charge in [0.05, 0.1) is 0 Å². The van der Waals surface area contributed by atoms with E-state index in [-0.39, 0.29) is 23.6 Å². The van der Waals surface area contributed by atoms with Crippen LogP contribution in [0.25, 0.3) is 0 Å². The molecule has 6 nitrogen and oxygen atoms in total. The van der Waals surface area contributed by atoms with Gasteiger partial charge in [0.25, 0.3) is 5.91 Å². The highest BCUT2D eigenvalue weighted by atomic mass is 19.1. The molecule has 4 rings (SSSR count). The summed E-state index contributed by atoms with van der Waals surface area (Å²) < 4.78 is 19.4. The molecule has 0 N–H and O–H groups in total. The fourth-order valence-corrected chi connectivity index (χ4v) is 3.53. The molecule has 30 heavy (non-hydrogen) atoms. The predicted molar refractivity (Wildman–Crippen MR) is 112 cm³/mol. The van der Waals surface area contributed by atoms with Crippen molar-refractivity contribution in [3.05, 3.63) is 77.9 Å². The number of ether oxygens (including phenoxy) is 1. The molecule has 1 saturated heterocycles. The number of aromatic nitrogens is 2. The maximum absolute atomic E-state index is 13.8. The smallest absolute Gasteiger partial charge is 0.254 e. The highest BCUT2D eigenvalue weighted by molar-refractivity contribution is 5.94. The van der Waals surface area contributed by atoms with Crippen LogP contribution in [-0.4, -0.2) is 46.5 Å². The summed E-state index contributed by atoms with van der Waals surface area (Å²) in [5.74, 6) is 0.661. The molecule has 3 aromatic rings. The number of nitrogens with zero attached hydrogens (tertiary/aromatic N) is 4. The Morgan fingerprint density at radius 3 is 2.60 bits per heavy atom. The highest BCUT2D eigenvalue weighted by Gasteiger charge is 2.29. The third-order valence-corrected chi connectivity index (χ3v) is 5.19. The summed E-state index contributed by atoms with van der Waals surface area (Å²) in [6.45, 7) is 5.88. The summed E-state index contributed by atoms with van der Waals surface area (Å²) in [6, 6.07) is 15.5. The number of halogens is 1. The number of aryl methyl sites for hydroxylation is 1. The lowest BCUT2D eigenvalue weighted by atomic mass is 10.1. The summed E-state index contributed by atoms with van der Waals surface area (Å²) in [4.78, 5) is 25.3. The number of benzene rings is 2. The number of piperazine rings is 1. The molecular weight excluding hydrogens is 383 g/mol. The molecule has 2 heterocycles. The molecule has 0 bridgehead atoms. The van der Waals surface area contributed by atoms with Crippen molar-refractivity contribution in [1.29, 1.82) is 0 Å². The Morgan fingerprint density at radius 2 is 1.87 bits per heavy atom. The standard InChI is InChI=1S/C23H23FN4O2/c1-16-7-9-18(10-8-16)23(29)28-12-11-27(14-17(28)2)21-13-22(26-15-25-21)30-20-6-4-3-5-19(20)24/h3-10,13,15,17H,11-12,14H2,1-2H3. The Balaban J connectivity index is 1.45. The quantitative estimate of drug-likeness (QED) is 0.654. The maximum atomic E-state index is 13.8. The Bertz CT molecular complexity index is 1040. The minimum atomic E-state index is -0.450. The summed E-state index contributed by atoms with van der Waals surface area (Å²) in [5.41, 5.74) is 1.82. The molecule has 1 aliphatic rings. The Labute approximate surface area is 174 Å². The van der Waals surface area contributed by atoms with Crippen LogP contribution in [0, 0.1) is 12.7 Å². The fourth-order valence-electron chi connectivity index (χ4n) is 3.53. The van der Waals surface area contributed by atoms with Gasteiger partial charge in [0.2, 0.25) is 5.88 Å². The molecule has 1 unspecified atom stereocenters. The van der Waals surface area contributed by atoms with Crippen molar-refractivity contribution in [3.8, 4) is 11.6 Å². The van der Waals surface area contributed by atoms with Gasteiger partial charge in [0.15, 0.2) is 11.6 Å². The van der Waals surface area contributed by atoms with Crippen LogP contribution in [0.3, 0.4) is 0 Å². The zero-order valence-corrected chi connectivity index (χ0v) is 17.0. The van der Waals surface area contributed by atoms with Crippen molar-refractivity contribution in [1.82, 2.24) is 14.9 Å².